The van der Waals surface area contributed by atoms with Crippen molar-refractivity contribution in [3.05, 3.63) is 81.2 Å². The van der Waals surface area contributed by atoms with Crippen LogP contribution in [0, 0.1) is 24.0 Å². The number of aromatic nitrogens is 2. The van der Waals surface area contributed by atoms with Gasteiger partial charge in [-0.2, -0.15) is 5.10 Å². The number of hydrogen-bond donors (Lipinski definition) is 1. The first-order chi connectivity index (χ1) is 13.3. The van der Waals surface area contributed by atoms with Gasteiger partial charge in [0.2, 0.25) is 0 Å². The van der Waals surface area contributed by atoms with Gasteiger partial charge in [0, 0.05) is 24.7 Å². The zero-order valence-corrected chi connectivity index (χ0v) is 15.8. The second-order valence-corrected chi connectivity index (χ2v) is 6.36. The maximum absolute atomic E-state index is 12.6. The second kappa shape index (κ2) is 7.91. The molecule has 0 spiro atoms. The van der Waals surface area contributed by atoms with Crippen LogP contribution in [0.1, 0.15) is 27.3 Å². The summed E-state index contributed by atoms with van der Waals surface area (Å²) in [6.45, 7) is 3.98. The molecular formula is C20H20N4O4. The SMILES string of the molecule is Cc1nn(C)c(C)c1NC(=O)c1cccc(COc2ccc([N+](=O)[O-])cc2)c1. The normalized spacial score (nSPS) is 10.5. The molecule has 0 bridgehead atoms. The molecule has 0 aliphatic rings. The van der Waals surface area contributed by atoms with Crippen LogP contribution in [0.25, 0.3) is 0 Å². The lowest BCUT2D eigenvalue weighted by atomic mass is 10.1. The fourth-order valence-electron chi connectivity index (χ4n) is 2.77. The van der Waals surface area contributed by atoms with Crippen LogP contribution in [0.4, 0.5) is 11.4 Å². The fraction of sp³-hybridized carbons (Fsp3) is 0.200. The predicted molar refractivity (Wildman–Crippen MR) is 105 cm³/mol. The molecule has 1 heterocycles. The molecule has 144 valence electrons. The summed E-state index contributed by atoms with van der Waals surface area (Å²) in [5, 5.41) is 17.9. The summed E-state index contributed by atoms with van der Waals surface area (Å²) < 4.78 is 7.38. The molecule has 0 fully saturated rings. The molecule has 0 aliphatic carbocycles. The molecule has 28 heavy (non-hydrogen) atoms. The van der Waals surface area contributed by atoms with Crippen molar-refractivity contribution in [2.45, 2.75) is 20.5 Å². The lowest BCUT2D eigenvalue weighted by Crippen LogP contribution is -2.13. The van der Waals surface area contributed by atoms with Crippen LogP contribution in [0.2, 0.25) is 0 Å². The highest BCUT2D eigenvalue weighted by atomic mass is 16.6. The Morgan fingerprint density at radius 1 is 1.21 bits per heavy atom. The van der Waals surface area contributed by atoms with Gasteiger partial charge in [-0.3, -0.25) is 19.6 Å². The third-order valence-electron chi connectivity index (χ3n) is 4.39. The quantitative estimate of drug-likeness (QED) is 0.518. The molecule has 2 aromatic carbocycles. The standard InChI is InChI=1S/C20H20N4O4/c1-13-19(14(2)23(3)22-13)21-20(25)16-6-4-5-15(11-16)12-28-18-9-7-17(8-10-18)24(26)27/h4-11H,12H2,1-3H3,(H,21,25). The number of aryl methyl sites for hydroxylation is 2. The van der Waals surface area contributed by atoms with Crippen LogP contribution in [-0.4, -0.2) is 20.6 Å². The Morgan fingerprint density at radius 2 is 1.93 bits per heavy atom. The molecule has 0 radical (unpaired) electrons. The van der Waals surface area contributed by atoms with Gasteiger partial charge in [0.1, 0.15) is 12.4 Å². The van der Waals surface area contributed by atoms with Crippen molar-refractivity contribution in [3.63, 3.8) is 0 Å². The number of amides is 1. The molecular weight excluding hydrogens is 360 g/mol. The molecule has 1 N–H and O–H groups in total. The van der Waals surface area contributed by atoms with Crippen molar-refractivity contribution >= 4 is 17.3 Å². The number of nitrogens with one attached hydrogen (secondary N) is 1. The molecule has 0 unspecified atom stereocenters. The van der Waals surface area contributed by atoms with E-state index in [0.29, 0.717) is 17.0 Å². The van der Waals surface area contributed by atoms with Crippen LogP contribution >= 0.6 is 0 Å². The van der Waals surface area contributed by atoms with E-state index in [4.69, 9.17) is 4.74 Å². The number of nitrogens with zero attached hydrogens (tertiary/aromatic N) is 3. The molecule has 1 amide bonds. The average Bonchev–Trinajstić information content (AvgIpc) is 2.93. The highest BCUT2D eigenvalue weighted by Gasteiger charge is 2.14. The smallest absolute Gasteiger partial charge is 0.269 e. The van der Waals surface area contributed by atoms with E-state index in [1.807, 2.05) is 27.0 Å². The third kappa shape index (κ3) is 4.17. The predicted octanol–water partition coefficient (Wildman–Crippen LogP) is 3.78. The van der Waals surface area contributed by atoms with Crippen molar-refractivity contribution in [2.24, 2.45) is 7.05 Å². The van der Waals surface area contributed by atoms with Gasteiger partial charge in [0.15, 0.2) is 0 Å². The second-order valence-electron chi connectivity index (χ2n) is 6.36. The minimum atomic E-state index is -0.461. The molecule has 1 aromatic heterocycles. The molecule has 0 saturated carbocycles. The van der Waals surface area contributed by atoms with E-state index in [-0.39, 0.29) is 18.2 Å². The van der Waals surface area contributed by atoms with Gasteiger partial charge in [-0.05, 0) is 43.7 Å². The maximum Gasteiger partial charge on any atom is 0.269 e. The zero-order chi connectivity index (χ0) is 20.3. The Morgan fingerprint density at radius 3 is 2.54 bits per heavy atom. The molecule has 8 heteroatoms. The van der Waals surface area contributed by atoms with Crippen molar-refractivity contribution in [3.8, 4) is 5.75 Å². The van der Waals surface area contributed by atoms with Gasteiger partial charge in [-0.15, -0.1) is 0 Å². The van der Waals surface area contributed by atoms with Crippen LogP contribution < -0.4 is 10.1 Å². The minimum absolute atomic E-state index is 0.00649. The summed E-state index contributed by atoms with van der Waals surface area (Å²) in [5.74, 6) is 0.290. The number of carbonyl (C=O) groups excluding carboxylic acids is 1. The number of nitro benzene ring substituents is 1. The van der Waals surface area contributed by atoms with E-state index in [9.17, 15) is 14.9 Å². The van der Waals surface area contributed by atoms with Gasteiger partial charge in [0.05, 0.1) is 22.0 Å². The van der Waals surface area contributed by atoms with E-state index in [2.05, 4.69) is 10.4 Å². The van der Waals surface area contributed by atoms with Gasteiger partial charge in [0.25, 0.3) is 11.6 Å². The Kier molecular flexibility index (Phi) is 5.39. The third-order valence-corrected chi connectivity index (χ3v) is 4.39. The Bertz CT molecular complexity index is 1030. The lowest BCUT2D eigenvalue weighted by Gasteiger charge is -2.09. The number of nitro groups is 1. The Labute approximate surface area is 161 Å². The first-order valence-electron chi connectivity index (χ1n) is 8.63. The molecule has 0 aliphatic heterocycles. The first kappa shape index (κ1) is 19.1. The summed E-state index contributed by atoms with van der Waals surface area (Å²) >= 11 is 0. The number of carbonyl (C=O) groups is 1. The number of non-ortho nitro benzene ring substituents is 1. The van der Waals surface area contributed by atoms with Gasteiger partial charge < -0.3 is 10.1 Å². The van der Waals surface area contributed by atoms with Gasteiger partial charge in [-0.25, -0.2) is 0 Å². The number of anilines is 1. The van der Waals surface area contributed by atoms with Crippen LogP contribution in [0.15, 0.2) is 48.5 Å². The number of ether oxygens (including phenoxy) is 1. The number of rotatable bonds is 6. The Hall–Kier alpha value is -3.68. The van der Waals surface area contributed by atoms with E-state index >= 15 is 0 Å². The van der Waals surface area contributed by atoms with Crippen LogP contribution in [0.3, 0.4) is 0 Å². The van der Waals surface area contributed by atoms with E-state index < -0.39 is 4.92 Å². The largest absolute Gasteiger partial charge is 0.489 e. The number of hydrogen-bond acceptors (Lipinski definition) is 5. The van der Waals surface area contributed by atoms with Crippen molar-refractivity contribution in [1.29, 1.82) is 0 Å². The lowest BCUT2D eigenvalue weighted by molar-refractivity contribution is -0.384. The van der Waals surface area contributed by atoms with Gasteiger partial charge >= 0.3 is 0 Å². The fourth-order valence-corrected chi connectivity index (χ4v) is 2.77. The zero-order valence-electron chi connectivity index (χ0n) is 15.8. The van der Waals surface area contributed by atoms with Crippen molar-refractivity contribution in [1.82, 2.24) is 9.78 Å². The average molecular weight is 380 g/mol. The maximum atomic E-state index is 12.6. The molecule has 0 saturated heterocycles. The summed E-state index contributed by atoms with van der Waals surface area (Å²) in [6, 6.07) is 13.0. The van der Waals surface area contributed by atoms with Crippen molar-refractivity contribution < 1.29 is 14.5 Å². The monoisotopic (exact) mass is 380 g/mol. The molecule has 3 rings (SSSR count). The van der Waals surface area contributed by atoms with E-state index in [1.165, 1.54) is 12.1 Å². The topological polar surface area (TPSA) is 99.3 Å². The molecule has 8 nitrogen and oxygen atoms in total. The minimum Gasteiger partial charge on any atom is -0.489 e. The van der Waals surface area contributed by atoms with E-state index in [0.717, 1.165) is 17.0 Å². The molecule has 0 atom stereocenters. The summed E-state index contributed by atoms with van der Waals surface area (Å²) in [4.78, 5) is 22.8. The summed E-state index contributed by atoms with van der Waals surface area (Å²) in [5.41, 5.74) is 3.67. The van der Waals surface area contributed by atoms with Crippen LogP contribution in [0.5, 0.6) is 5.75 Å². The highest BCUT2D eigenvalue weighted by molar-refractivity contribution is 6.05. The Balaban J connectivity index is 1.68. The highest BCUT2D eigenvalue weighted by Crippen LogP contribution is 2.21. The van der Waals surface area contributed by atoms with E-state index in [1.54, 1.807) is 35.0 Å². The number of benzene rings is 2. The van der Waals surface area contributed by atoms with Crippen molar-refractivity contribution in [2.75, 3.05) is 5.32 Å². The molecule has 3 aromatic rings. The first-order valence-corrected chi connectivity index (χ1v) is 8.63. The summed E-state index contributed by atoms with van der Waals surface area (Å²) in [6.07, 6.45) is 0. The van der Waals surface area contributed by atoms with Gasteiger partial charge in [-0.1, -0.05) is 12.1 Å². The van der Waals surface area contributed by atoms with Crippen LogP contribution in [-0.2, 0) is 13.7 Å². The summed E-state index contributed by atoms with van der Waals surface area (Å²) in [7, 11) is 1.83.